The molecule has 0 aliphatic rings. The number of ketones is 1. The van der Waals surface area contributed by atoms with E-state index in [2.05, 4.69) is 15.5 Å². The molecule has 0 fully saturated rings. The number of amides is 1. The highest BCUT2D eigenvalue weighted by Crippen LogP contribution is 2.27. The van der Waals surface area contributed by atoms with Crippen LogP contribution in [0.4, 0.5) is 18.0 Å². The molecule has 1 rings (SSSR count). The van der Waals surface area contributed by atoms with Crippen LogP contribution in [-0.2, 0) is 0 Å². The quantitative estimate of drug-likeness (QED) is 0.656. The van der Waals surface area contributed by atoms with Crippen molar-refractivity contribution in [3.8, 4) is 5.75 Å². The van der Waals surface area contributed by atoms with Gasteiger partial charge in [-0.05, 0) is 12.1 Å². The van der Waals surface area contributed by atoms with Gasteiger partial charge in [-0.2, -0.15) is 13.2 Å². The van der Waals surface area contributed by atoms with Crippen molar-refractivity contribution in [1.29, 1.82) is 0 Å². The average Bonchev–Trinajstić information content (AvgIpc) is 2.17. The Kier molecular flexibility index (Phi) is 3.56. The van der Waals surface area contributed by atoms with Gasteiger partial charge in [0.05, 0.1) is 0 Å². The summed E-state index contributed by atoms with van der Waals surface area (Å²) in [6.45, 7) is 0. The number of ether oxygens (including phenoxy) is 1. The van der Waals surface area contributed by atoms with E-state index < -0.39 is 29.5 Å². The number of carbonyl (C=O) groups is 2. The number of primary amides is 1. The number of carbonyl (C=O) groups excluding carboxylic acids is 2. The molecule has 0 spiro atoms. The highest BCUT2D eigenvalue weighted by molar-refractivity contribution is 6.29. The van der Waals surface area contributed by atoms with Gasteiger partial charge in [0.25, 0.3) is 5.78 Å². The molecule has 0 atom stereocenters. The minimum absolute atomic E-state index is 0.352. The zero-order chi connectivity index (χ0) is 13.2. The molecule has 1 aromatic rings. The molecule has 1 aromatic heterocycles. The van der Waals surface area contributed by atoms with Crippen molar-refractivity contribution < 1.29 is 27.5 Å². The summed E-state index contributed by atoms with van der Waals surface area (Å²) in [4.78, 5) is 24.5. The fourth-order valence-electron chi connectivity index (χ4n) is 0.910. The minimum atomic E-state index is -5.16. The molecule has 9 heteroatoms. The number of rotatable bonds is 2. The van der Waals surface area contributed by atoms with Crippen molar-refractivity contribution in [1.82, 2.24) is 4.98 Å². The van der Waals surface area contributed by atoms with Gasteiger partial charge >= 0.3 is 12.3 Å². The van der Waals surface area contributed by atoms with Crippen LogP contribution in [0.3, 0.4) is 0 Å². The van der Waals surface area contributed by atoms with Gasteiger partial charge in [-0.1, -0.05) is 11.6 Å². The predicted octanol–water partition coefficient (Wildman–Crippen LogP) is 1.94. The van der Waals surface area contributed by atoms with Crippen LogP contribution in [0, 0.1) is 0 Å². The summed E-state index contributed by atoms with van der Waals surface area (Å²) in [5.41, 5.74) is 3.50. The molecule has 0 radical (unpaired) electrons. The van der Waals surface area contributed by atoms with Crippen molar-refractivity contribution in [3.63, 3.8) is 0 Å². The van der Waals surface area contributed by atoms with E-state index in [0.29, 0.717) is 0 Å². The van der Waals surface area contributed by atoms with E-state index in [1.165, 1.54) is 0 Å². The maximum atomic E-state index is 12.2. The molecular weight excluding hydrogens is 265 g/mol. The third-order valence-electron chi connectivity index (χ3n) is 1.51. The Morgan fingerprint density at radius 3 is 2.41 bits per heavy atom. The second-order valence-electron chi connectivity index (χ2n) is 2.73. The van der Waals surface area contributed by atoms with Gasteiger partial charge < -0.3 is 10.5 Å². The molecule has 5 nitrogen and oxygen atoms in total. The summed E-state index contributed by atoms with van der Waals surface area (Å²) < 4.78 is 40.8. The van der Waals surface area contributed by atoms with Crippen molar-refractivity contribution >= 4 is 23.5 Å². The van der Waals surface area contributed by atoms with Crippen LogP contribution in [0.5, 0.6) is 5.75 Å². The number of pyridine rings is 1. The first-order valence-corrected chi connectivity index (χ1v) is 4.35. The lowest BCUT2D eigenvalue weighted by atomic mass is 10.2. The van der Waals surface area contributed by atoms with Crippen LogP contribution in [0.1, 0.15) is 10.5 Å². The first-order chi connectivity index (χ1) is 7.71. The Morgan fingerprint density at radius 1 is 1.35 bits per heavy atom. The highest BCUT2D eigenvalue weighted by atomic mass is 35.5. The molecule has 92 valence electrons. The fourth-order valence-corrected chi connectivity index (χ4v) is 1.06. The Bertz CT molecular complexity index is 476. The van der Waals surface area contributed by atoms with Crippen molar-refractivity contribution in [2.45, 2.75) is 6.18 Å². The van der Waals surface area contributed by atoms with Gasteiger partial charge in [-0.3, -0.25) is 4.79 Å². The molecule has 0 bridgehead atoms. The lowest BCUT2D eigenvalue weighted by Gasteiger charge is -2.09. The molecule has 0 unspecified atom stereocenters. The Hall–Kier alpha value is -1.83. The fraction of sp³-hybridized carbons (Fsp3) is 0.125. The molecule has 0 saturated heterocycles. The predicted molar refractivity (Wildman–Crippen MR) is 49.8 cm³/mol. The summed E-state index contributed by atoms with van der Waals surface area (Å²) in [7, 11) is 0. The van der Waals surface area contributed by atoms with E-state index in [9.17, 15) is 22.8 Å². The van der Waals surface area contributed by atoms with Gasteiger partial charge in [-0.25, -0.2) is 9.78 Å². The topological polar surface area (TPSA) is 82.3 Å². The summed E-state index contributed by atoms with van der Waals surface area (Å²) in [5, 5.41) is -0.352. The second-order valence-corrected chi connectivity index (χ2v) is 3.12. The normalized spacial score (nSPS) is 11.1. The van der Waals surface area contributed by atoms with Crippen molar-refractivity contribution in [2.24, 2.45) is 5.73 Å². The number of nitrogens with zero attached hydrogens (tertiary/aromatic N) is 1. The zero-order valence-corrected chi connectivity index (χ0v) is 8.67. The summed E-state index contributed by atoms with van der Waals surface area (Å²) in [6, 6.07) is 1.94. The number of halogens is 4. The van der Waals surface area contributed by atoms with Crippen LogP contribution in [0.25, 0.3) is 0 Å². The van der Waals surface area contributed by atoms with Crippen LogP contribution in [0.15, 0.2) is 12.1 Å². The second kappa shape index (κ2) is 4.58. The highest BCUT2D eigenvalue weighted by Gasteiger charge is 2.42. The zero-order valence-electron chi connectivity index (χ0n) is 7.92. The number of Topliss-reactive ketones (excluding diaryl/α,β-unsaturated/α-hetero) is 1. The third-order valence-corrected chi connectivity index (χ3v) is 1.72. The van der Waals surface area contributed by atoms with Gasteiger partial charge in [0.15, 0.2) is 11.4 Å². The standard InChI is InChI=1S/C8H4ClF3N2O3/c9-4-2-1-3(17-7(13)16)5(14-4)6(15)8(10,11)12/h1-2H,(H2,13,16). The van der Waals surface area contributed by atoms with Gasteiger partial charge in [0.1, 0.15) is 5.15 Å². The Balaban J connectivity index is 3.25. The van der Waals surface area contributed by atoms with Crippen molar-refractivity contribution in [2.75, 3.05) is 0 Å². The summed E-state index contributed by atoms with van der Waals surface area (Å²) in [5.74, 6) is -2.99. The van der Waals surface area contributed by atoms with E-state index >= 15 is 0 Å². The van der Waals surface area contributed by atoms with Crippen LogP contribution < -0.4 is 10.5 Å². The Labute approximate surface area is 97.3 Å². The Morgan fingerprint density at radius 2 is 1.94 bits per heavy atom. The maximum absolute atomic E-state index is 12.2. The smallest absolute Gasteiger partial charge is 0.408 e. The monoisotopic (exact) mass is 268 g/mol. The number of aromatic nitrogens is 1. The first-order valence-electron chi connectivity index (χ1n) is 3.97. The molecule has 1 heterocycles. The summed E-state index contributed by atoms with van der Waals surface area (Å²) in [6.07, 6.45) is -6.53. The van der Waals surface area contributed by atoms with E-state index in [0.717, 1.165) is 12.1 Å². The number of alkyl halides is 3. The van der Waals surface area contributed by atoms with E-state index in [4.69, 9.17) is 11.6 Å². The van der Waals surface area contributed by atoms with Gasteiger partial charge in [0, 0.05) is 0 Å². The minimum Gasteiger partial charge on any atom is -0.408 e. The lowest BCUT2D eigenvalue weighted by Crippen LogP contribution is -2.26. The molecule has 0 saturated carbocycles. The SMILES string of the molecule is NC(=O)Oc1ccc(Cl)nc1C(=O)C(F)(F)F. The first kappa shape index (κ1) is 13.2. The summed E-state index contributed by atoms with van der Waals surface area (Å²) >= 11 is 5.35. The van der Waals surface area contributed by atoms with E-state index in [-0.39, 0.29) is 5.15 Å². The van der Waals surface area contributed by atoms with Crippen molar-refractivity contribution in [3.05, 3.63) is 23.0 Å². The number of nitrogens with two attached hydrogens (primary N) is 1. The lowest BCUT2D eigenvalue weighted by molar-refractivity contribution is -0.0889. The molecule has 0 aromatic carbocycles. The van der Waals surface area contributed by atoms with E-state index in [1.807, 2.05) is 0 Å². The van der Waals surface area contributed by atoms with E-state index in [1.54, 1.807) is 0 Å². The largest absolute Gasteiger partial charge is 0.456 e. The van der Waals surface area contributed by atoms with Gasteiger partial charge in [-0.15, -0.1) is 0 Å². The molecule has 17 heavy (non-hydrogen) atoms. The maximum Gasteiger partial charge on any atom is 0.456 e. The molecule has 0 aliphatic heterocycles. The molecule has 0 aliphatic carbocycles. The van der Waals surface area contributed by atoms with Crippen LogP contribution in [0.2, 0.25) is 5.15 Å². The number of hydrogen-bond donors (Lipinski definition) is 1. The molecular formula is C8H4ClF3N2O3. The van der Waals surface area contributed by atoms with Crippen LogP contribution >= 0.6 is 11.6 Å². The average molecular weight is 269 g/mol. The molecule has 2 N–H and O–H groups in total. The van der Waals surface area contributed by atoms with Gasteiger partial charge in [0.2, 0.25) is 0 Å². The number of hydrogen-bond acceptors (Lipinski definition) is 4. The molecule has 1 amide bonds. The third kappa shape index (κ3) is 3.31. The van der Waals surface area contributed by atoms with Crippen LogP contribution in [-0.4, -0.2) is 23.0 Å².